The van der Waals surface area contributed by atoms with E-state index in [9.17, 15) is 19.7 Å². The summed E-state index contributed by atoms with van der Waals surface area (Å²) in [7, 11) is 0. The molecule has 0 fully saturated rings. The first-order valence-corrected chi connectivity index (χ1v) is 6.64. The molecule has 1 aromatic rings. The number of carbonyl (C=O) groups is 2. The Bertz CT molecular complexity index is 555. The van der Waals surface area contributed by atoms with Crippen LogP contribution in [0.25, 0.3) is 0 Å². The second-order valence-corrected chi connectivity index (χ2v) is 4.96. The fourth-order valence-corrected chi connectivity index (χ4v) is 1.67. The summed E-state index contributed by atoms with van der Waals surface area (Å²) in [6.07, 6.45) is 0. The number of nitro benzene ring substituents is 1. The summed E-state index contributed by atoms with van der Waals surface area (Å²) in [5, 5.41) is 16.0. The van der Waals surface area contributed by atoms with Gasteiger partial charge in [0.2, 0.25) is 5.91 Å². The summed E-state index contributed by atoms with van der Waals surface area (Å²) in [5.41, 5.74) is 0.768. The van der Waals surface area contributed by atoms with Crippen LogP contribution >= 0.6 is 0 Å². The van der Waals surface area contributed by atoms with E-state index in [1.165, 1.54) is 18.2 Å². The van der Waals surface area contributed by atoms with Gasteiger partial charge in [-0.15, -0.1) is 0 Å². The average Bonchev–Trinajstić information content (AvgIpc) is 2.42. The molecule has 0 bridgehead atoms. The number of rotatable bonds is 6. The Balaban J connectivity index is 2.51. The van der Waals surface area contributed by atoms with Crippen LogP contribution in [0.3, 0.4) is 0 Å². The van der Waals surface area contributed by atoms with Crippen LogP contribution in [0, 0.1) is 23.0 Å². The standard InChI is InChI=1S/C14H19N3O4/c1-9(2)13(18)15-6-7-16-14(19)11-4-5-12(17(20)21)10(3)8-11/h4-5,8-9H,6-7H2,1-3H3,(H,15,18)(H,16,19). The molecular weight excluding hydrogens is 274 g/mol. The van der Waals surface area contributed by atoms with Gasteiger partial charge in [-0.25, -0.2) is 0 Å². The number of nitrogens with one attached hydrogen (secondary N) is 2. The molecule has 0 spiro atoms. The predicted molar refractivity (Wildman–Crippen MR) is 78.0 cm³/mol. The Morgan fingerprint density at radius 3 is 2.38 bits per heavy atom. The van der Waals surface area contributed by atoms with Crippen molar-refractivity contribution >= 4 is 17.5 Å². The van der Waals surface area contributed by atoms with Gasteiger partial charge in [0.05, 0.1) is 4.92 Å². The highest BCUT2D eigenvalue weighted by atomic mass is 16.6. The van der Waals surface area contributed by atoms with Gasteiger partial charge in [-0.05, 0) is 19.1 Å². The van der Waals surface area contributed by atoms with Crippen molar-refractivity contribution in [2.75, 3.05) is 13.1 Å². The molecule has 0 heterocycles. The smallest absolute Gasteiger partial charge is 0.272 e. The summed E-state index contributed by atoms with van der Waals surface area (Å²) in [6, 6.07) is 4.19. The molecule has 0 saturated carbocycles. The number of hydrogen-bond acceptors (Lipinski definition) is 4. The molecule has 0 aliphatic heterocycles. The molecule has 2 N–H and O–H groups in total. The molecule has 0 aliphatic rings. The van der Waals surface area contributed by atoms with Crippen molar-refractivity contribution in [1.82, 2.24) is 10.6 Å². The van der Waals surface area contributed by atoms with E-state index in [1.807, 2.05) is 0 Å². The Kier molecular flexibility index (Phi) is 5.83. The van der Waals surface area contributed by atoms with Crippen LogP contribution in [0.4, 0.5) is 5.69 Å². The number of amides is 2. The molecule has 1 aromatic carbocycles. The fourth-order valence-electron chi connectivity index (χ4n) is 1.67. The van der Waals surface area contributed by atoms with Crippen molar-refractivity contribution < 1.29 is 14.5 Å². The van der Waals surface area contributed by atoms with Crippen LogP contribution in [0.2, 0.25) is 0 Å². The zero-order valence-electron chi connectivity index (χ0n) is 12.3. The van der Waals surface area contributed by atoms with E-state index >= 15 is 0 Å². The highest BCUT2D eigenvalue weighted by Gasteiger charge is 2.13. The first-order valence-electron chi connectivity index (χ1n) is 6.64. The molecule has 0 aliphatic carbocycles. The lowest BCUT2D eigenvalue weighted by molar-refractivity contribution is -0.385. The monoisotopic (exact) mass is 293 g/mol. The molecule has 2 amide bonds. The highest BCUT2D eigenvalue weighted by molar-refractivity contribution is 5.94. The van der Waals surface area contributed by atoms with Gasteiger partial charge in [0, 0.05) is 36.2 Å². The number of nitrogens with zero attached hydrogens (tertiary/aromatic N) is 1. The molecule has 0 radical (unpaired) electrons. The van der Waals surface area contributed by atoms with Gasteiger partial charge < -0.3 is 10.6 Å². The Labute approximate surface area is 122 Å². The number of benzene rings is 1. The Morgan fingerprint density at radius 2 is 1.86 bits per heavy atom. The van der Waals surface area contributed by atoms with Crippen LogP contribution in [0.1, 0.15) is 29.8 Å². The van der Waals surface area contributed by atoms with Crippen molar-refractivity contribution in [3.8, 4) is 0 Å². The first kappa shape index (κ1) is 16.6. The molecule has 0 aromatic heterocycles. The van der Waals surface area contributed by atoms with E-state index in [2.05, 4.69) is 10.6 Å². The topological polar surface area (TPSA) is 101 Å². The van der Waals surface area contributed by atoms with Crippen LogP contribution in [-0.2, 0) is 4.79 Å². The maximum Gasteiger partial charge on any atom is 0.272 e. The van der Waals surface area contributed by atoms with Gasteiger partial charge >= 0.3 is 0 Å². The van der Waals surface area contributed by atoms with Gasteiger partial charge in [0.1, 0.15) is 0 Å². The first-order chi connectivity index (χ1) is 9.82. The Morgan fingerprint density at radius 1 is 1.24 bits per heavy atom. The lowest BCUT2D eigenvalue weighted by Crippen LogP contribution is -2.36. The molecular formula is C14H19N3O4. The summed E-state index contributed by atoms with van der Waals surface area (Å²) in [6.45, 7) is 5.79. The van der Waals surface area contributed by atoms with Gasteiger partial charge in [0.15, 0.2) is 0 Å². The second-order valence-electron chi connectivity index (χ2n) is 4.96. The summed E-state index contributed by atoms with van der Waals surface area (Å²) < 4.78 is 0. The molecule has 0 unspecified atom stereocenters. The van der Waals surface area contributed by atoms with Crippen molar-refractivity contribution in [1.29, 1.82) is 0 Å². The van der Waals surface area contributed by atoms with Crippen LogP contribution in [-0.4, -0.2) is 29.8 Å². The summed E-state index contributed by atoms with van der Waals surface area (Å²) in [4.78, 5) is 33.4. The number of nitro groups is 1. The zero-order valence-corrected chi connectivity index (χ0v) is 12.3. The molecule has 1 rings (SSSR count). The third-order valence-electron chi connectivity index (χ3n) is 2.89. The minimum Gasteiger partial charge on any atom is -0.354 e. The van der Waals surface area contributed by atoms with E-state index in [0.717, 1.165) is 0 Å². The van der Waals surface area contributed by atoms with E-state index < -0.39 is 4.92 Å². The van der Waals surface area contributed by atoms with Crippen molar-refractivity contribution in [2.24, 2.45) is 5.92 Å². The third kappa shape index (κ3) is 4.87. The normalized spacial score (nSPS) is 10.3. The Hall–Kier alpha value is -2.44. The lowest BCUT2D eigenvalue weighted by atomic mass is 10.1. The van der Waals surface area contributed by atoms with Crippen molar-refractivity contribution in [3.05, 3.63) is 39.4 Å². The molecule has 21 heavy (non-hydrogen) atoms. The van der Waals surface area contributed by atoms with Crippen LogP contribution < -0.4 is 10.6 Å². The van der Waals surface area contributed by atoms with E-state index in [4.69, 9.17) is 0 Å². The quantitative estimate of drug-likeness (QED) is 0.470. The van der Waals surface area contributed by atoms with Gasteiger partial charge in [-0.3, -0.25) is 19.7 Å². The van der Waals surface area contributed by atoms with E-state index in [0.29, 0.717) is 24.2 Å². The largest absolute Gasteiger partial charge is 0.354 e. The molecule has 114 valence electrons. The lowest BCUT2D eigenvalue weighted by Gasteiger charge is -2.09. The SMILES string of the molecule is Cc1cc(C(=O)NCCNC(=O)C(C)C)ccc1[N+](=O)[O-]. The minimum absolute atomic E-state index is 0.0178. The van der Waals surface area contributed by atoms with Gasteiger partial charge in [-0.2, -0.15) is 0 Å². The number of aryl methyl sites for hydroxylation is 1. The van der Waals surface area contributed by atoms with Crippen LogP contribution in [0.15, 0.2) is 18.2 Å². The molecule has 0 atom stereocenters. The summed E-state index contributed by atoms with van der Waals surface area (Å²) in [5.74, 6) is -0.500. The maximum absolute atomic E-state index is 11.9. The minimum atomic E-state index is -0.488. The van der Waals surface area contributed by atoms with E-state index in [1.54, 1.807) is 20.8 Å². The van der Waals surface area contributed by atoms with Crippen molar-refractivity contribution in [2.45, 2.75) is 20.8 Å². The second kappa shape index (κ2) is 7.37. The van der Waals surface area contributed by atoms with Gasteiger partial charge in [-0.1, -0.05) is 13.8 Å². The van der Waals surface area contributed by atoms with Crippen LogP contribution in [0.5, 0.6) is 0 Å². The fraction of sp³-hybridized carbons (Fsp3) is 0.429. The third-order valence-corrected chi connectivity index (χ3v) is 2.89. The zero-order chi connectivity index (χ0) is 16.0. The van der Waals surface area contributed by atoms with Gasteiger partial charge in [0.25, 0.3) is 11.6 Å². The number of carbonyl (C=O) groups excluding carboxylic acids is 2. The summed E-state index contributed by atoms with van der Waals surface area (Å²) >= 11 is 0. The highest BCUT2D eigenvalue weighted by Crippen LogP contribution is 2.18. The maximum atomic E-state index is 11.9. The molecule has 7 heteroatoms. The van der Waals surface area contributed by atoms with E-state index in [-0.39, 0.29) is 23.4 Å². The number of hydrogen-bond donors (Lipinski definition) is 2. The van der Waals surface area contributed by atoms with Crippen molar-refractivity contribution in [3.63, 3.8) is 0 Å². The average molecular weight is 293 g/mol. The molecule has 7 nitrogen and oxygen atoms in total. The molecule has 0 saturated heterocycles. The predicted octanol–water partition coefficient (Wildman–Crippen LogP) is 1.41.